The Balaban J connectivity index is 1.79. The molecule has 0 saturated heterocycles. The van der Waals surface area contributed by atoms with Crippen LogP contribution in [0.2, 0.25) is 0 Å². The van der Waals surface area contributed by atoms with Crippen molar-refractivity contribution in [3.63, 3.8) is 0 Å². The standard InChI is InChI=1S/C25H23NO2/c1-25(2)13-19-22-18-6-4-3-5-15(18)9-12-20(22)26-24(23(19)21(28)14-25)16-7-10-17(27)11-8-16/h3-12,24,26-27H,13-14H2,1-2H3/t24-/m0/s1. The van der Waals surface area contributed by atoms with Gasteiger partial charge in [-0.05, 0) is 51.9 Å². The van der Waals surface area contributed by atoms with Crippen LogP contribution in [-0.2, 0) is 4.79 Å². The van der Waals surface area contributed by atoms with Gasteiger partial charge in [-0.1, -0.05) is 56.3 Å². The zero-order chi connectivity index (χ0) is 19.5. The minimum Gasteiger partial charge on any atom is -0.508 e. The number of phenolic OH excluding ortho intramolecular Hbond substituents is 1. The molecule has 0 bridgehead atoms. The lowest BCUT2D eigenvalue weighted by molar-refractivity contribution is -0.118. The molecular formula is C25H23NO2. The van der Waals surface area contributed by atoms with E-state index in [9.17, 15) is 9.90 Å². The number of phenols is 1. The second-order valence-corrected chi connectivity index (χ2v) is 8.71. The Labute approximate surface area is 164 Å². The van der Waals surface area contributed by atoms with Crippen LogP contribution in [0.3, 0.4) is 0 Å². The molecule has 140 valence electrons. The van der Waals surface area contributed by atoms with Crippen LogP contribution in [0.4, 0.5) is 5.69 Å². The predicted molar refractivity (Wildman–Crippen MR) is 113 cm³/mol. The minimum atomic E-state index is -0.187. The lowest BCUT2D eigenvalue weighted by atomic mass is 9.68. The number of hydrogen-bond acceptors (Lipinski definition) is 3. The van der Waals surface area contributed by atoms with Gasteiger partial charge in [0.1, 0.15) is 5.75 Å². The fourth-order valence-corrected chi connectivity index (χ4v) is 4.75. The summed E-state index contributed by atoms with van der Waals surface area (Å²) in [7, 11) is 0. The Morgan fingerprint density at radius 1 is 0.964 bits per heavy atom. The van der Waals surface area contributed by atoms with E-state index < -0.39 is 0 Å². The fourth-order valence-electron chi connectivity index (χ4n) is 4.75. The van der Waals surface area contributed by atoms with Gasteiger partial charge in [0, 0.05) is 23.2 Å². The molecule has 0 saturated carbocycles. The molecule has 2 N–H and O–H groups in total. The van der Waals surface area contributed by atoms with Gasteiger partial charge in [0.15, 0.2) is 5.78 Å². The van der Waals surface area contributed by atoms with Gasteiger partial charge in [0.25, 0.3) is 0 Å². The van der Waals surface area contributed by atoms with E-state index in [1.54, 1.807) is 12.1 Å². The highest BCUT2D eigenvalue weighted by molar-refractivity contribution is 6.12. The highest BCUT2D eigenvalue weighted by Gasteiger charge is 2.40. The van der Waals surface area contributed by atoms with Gasteiger partial charge in [0.2, 0.25) is 0 Å². The Morgan fingerprint density at radius 2 is 1.71 bits per heavy atom. The van der Waals surface area contributed by atoms with Crippen molar-refractivity contribution in [2.75, 3.05) is 5.32 Å². The normalized spacial score (nSPS) is 20.5. The van der Waals surface area contributed by atoms with Crippen LogP contribution in [0.1, 0.15) is 43.9 Å². The molecule has 0 amide bonds. The second-order valence-electron chi connectivity index (χ2n) is 8.71. The molecule has 3 aromatic rings. The summed E-state index contributed by atoms with van der Waals surface area (Å²) in [6.45, 7) is 4.36. The maximum Gasteiger partial charge on any atom is 0.162 e. The van der Waals surface area contributed by atoms with Crippen molar-refractivity contribution in [1.82, 2.24) is 0 Å². The Hall–Kier alpha value is -3.07. The Bertz CT molecular complexity index is 1140. The molecule has 0 fully saturated rings. The summed E-state index contributed by atoms with van der Waals surface area (Å²) in [5.74, 6) is 0.451. The number of anilines is 1. The molecule has 3 aromatic carbocycles. The molecule has 28 heavy (non-hydrogen) atoms. The molecule has 1 atom stereocenters. The number of fused-ring (bicyclic) bond motifs is 4. The smallest absolute Gasteiger partial charge is 0.162 e. The first-order chi connectivity index (χ1) is 13.4. The van der Waals surface area contributed by atoms with E-state index >= 15 is 0 Å². The van der Waals surface area contributed by atoms with Crippen LogP contribution in [-0.4, -0.2) is 10.9 Å². The summed E-state index contributed by atoms with van der Waals surface area (Å²) >= 11 is 0. The van der Waals surface area contributed by atoms with E-state index in [0.717, 1.165) is 23.2 Å². The summed E-state index contributed by atoms with van der Waals surface area (Å²) in [6.07, 6.45) is 1.44. The van der Waals surface area contributed by atoms with Crippen molar-refractivity contribution < 1.29 is 9.90 Å². The van der Waals surface area contributed by atoms with Crippen LogP contribution < -0.4 is 5.32 Å². The van der Waals surface area contributed by atoms with E-state index in [4.69, 9.17) is 0 Å². The largest absolute Gasteiger partial charge is 0.508 e. The SMILES string of the molecule is CC1(C)CC(=O)C2=C(C1)c1c(ccc3ccccc13)N[C@H]2c1ccc(O)cc1. The minimum absolute atomic E-state index is 0.0546. The molecule has 3 nitrogen and oxygen atoms in total. The summed E-state index contributed by atoms with van der Waals surface area (Å²) in [4.78, 5) is 13.3. The number of aromatic hydroxyl groups is 1. The van der Waals surface area contributed by atoms with Gasteiger partial charge in [-0.2, -0.15) is 0 Å². The van der Waals surface area contributed by atoms with E-state index in [0.29, 0.717) is 6.42 Å². The van der Waals surface area contributed by atoms with Gasteiger partial charge >= 0.3 is 0 Å². The monoisotopic (exact) mass is 369 g/mol. The van der Waals surface area contributed by atoms with Gasteiger partial charge in [-0.25, -0.2) is 0 Å². The fraction of sp³-hybridized carbons (Fsp3) is 0.240. The maximum absolute atomic E-state index is 13.3. The average Bonchev–Trinajstić information content (AvgIpc) is 2.66. The topological polar surface area (TPSA) is 49.3 Å². The summed E-state index contributed by atoms with van der Waals surface area (Å²) in [5.41, 5.74) is 5.24. The first-order valence-corrected chi connectivity index (χ1v) is 9.77. The quantitative estimate of drug-likeness (QED) is 0.565. The van der Waals surface area contributed by atoms with Crippen molar-refractivity contribution >= 4 is 27.8 Å². The van der Waals surface area contributed by atoms with Gasteiger partial charge in [-0.3, -0.25) is 4.79 Å². The molecule has 0 radical (unpaired) electrons. The number of allylic oxidation sites excluding steroid dienone is 1. The molecule has 5 rings (SSSR count). The van der Waals surface area contributed by atoms with Gasteiger partial charge < -0.3 is 10.4 Å². The maximum atomic E-state index is 13.3. The van der Waals surface area contributed by atoms with Crippen molar-refractivity contribution in [3.05, 3.63) is 77.4 Å². The summed E-state index contributed by atoms with van der Waals surface area (Å²) in [6, 6.07) is 19.6. The number of ketones is 1. The van der Waals surface area contributed by atoms with Crippen molar-refractivity contribution in [3.8, 4) is 5.75 Å². The molecular weight excluding hydrogens is 346 g/mol. The third-order valence-electron chi connectivity index (χ3n) is 5.97. The van der Waals surface area contributed by atoms with E-state index in [-0.39, 0.29) is 23.0 Å². The number of rotatable bonds is 1. The van der Waals surface area contributed by atoms with Crippen LogP contribution in [0.15, 0.2) is 66.2 Å². The lowest BCUT2D eigenvalue weighted by Crippen LogP contribution is -2.33. The summed E-state index contributed by atoms with van der Waals surface area (Å²) in [5, 5.41) is 15.7. The van der Waals surface area contributed by atoms with E-state index in [2.05, 4.69) is 55.6 Å². The van der Waals surface area contributed by atoms with Crippen molar-refractivity contribution in [1.29, 1.82) is 0 Å². The number of carbonyl (C=O) groups excluding carboxylic acids is 1. The first kappa shape index (κ1) is 17.1. The van der Waals surface area contributed by atoms with E-state index in [1.807, 2.05) is 12.1 Å². The van der Waals surface area contributed by atoms with Crippen LogP contribution in [0.5, 0.6) is 5.75 Å². The van der Waals surface area contributed by atoms with Crippen LogP contribution in [0.25, 0.3) is 16.3 Å². The number of carbonyl (C=O) groups is 1. The molecule has 1 aliphatic heterocycles. The molecule has 1 aliphatic carbocycles. The summed E-state index contributed by atoms with van der Waals surface area (Å²) < 4.78 is 0. The van der Waals surface area contributed by atoms with Gasteiger partial charge in [0.05, 0.1) is 6.04 Å². The molecule has 1 heterocycles. The van der Waals surface area contributed by atoms with E-state index in [1.165, 1.54) is 21.9 Å². The lowest BCUT2D eigenvalue weighted by Gasteiger charge is -2.40. The average molecular weight is 369 g/mol. The van der Waals surface area contributed by atoms with Crippen LogP contribution in [0, 0.1) is 5.41 Å². The van der Waals surface area contributed by atoms with Crippen molar-refractivity contribution in [2.24, 2.45) is 5.41 Å². The predicted octanol–water partition coefficient (Wildman–Crippen LogP) is 5.85. The molecule has 0 unspecified atom stereocenters. The van der Waals surface area contributed by atoms with Crippen molar-refractivity contribution in [2.45, 2.75) is 32.7 Å². The third kappa shape index (κ3) is 2.62. The molecule has 3 heteroatoms. The zero-order valence-electron chi connectivity index (χ0n) is 16.1. The second kappa shape index (κ2) is 5.96. The highest BCUT2D eigenvalue weighted by atomic mass is 16.3. The first-order valence-electron chi connectivity index (χ1n) is 9.77. The molecule has 0 aromatic heterocycles. The Kier molecular flexibility index (Phi) is 3.63. The number of benzene rings is 3. The number of nitrogens with one attached hydrogen (secondary N) is 1. The number of Topliss-reactive ketones (excluding diaryl/α,β-unsaturated/α-hetero) is 1. The third-order valence-corrected chi connectivity index (χ3v) is 5.97. The van der Waals surface area contributed by atoms with Crippen LogP contribution >= 0.6 is 0 Å². The van der Waals surface area contributed by atoms with Gasteiger partial charge in [-0.15, -0.1) is 0 Å². The molecule has 2 aliphatic rings. The molecule has 0 spiro atoms. The Morgan fingerprint density at radius 3 is 2.50 bits per heavy atom. The zero-order valence-corrected chi connectivity index (χ0v) is 16.1. The highest BCUT2D eigenvalue weighted by Crippen LogP contribution is 2.52. The number of hydrogen-bond donors (Lipinski definition) is 2.